The van der Waals surface area contributed by atoms with Gasteiger partial charge in [-0.1, -0.05) is 26.0 Å². The lowest BCUT2D eigenvalue weighted by molar-refractivity contribution is -0.126. The fourth-order valence-electron chi connectivity index (χ4n) is 3.69. The molecule has 1 fully saturated rings. The summed E-state index contributed by atoms with van der Waals surface area (Å²) in [4.78, 5) is 30.2. The van der Waals surface area contributed by atoms with Crippen LogP contribution in [-0.2, 0) is 14.3 Å². The minimum Gasteiger partial charge on any atom is -0.374 e. The first kappa shape index (κ1) is 21.1. The Balaban J connectivity index is 1.41. The van der Waals surface area contributed by atoms with E-state index in [0.717, 1.165) is 36.0 Å². The van der Waals surface area contributed by atoms with E-state index >= 15 is 0 Å². The lowest BCUT2D eigenvalue weighted by Gasteiger charge is -2.34. The molecule has 0 aliphatic carbocycles. The summed E-state index contributed by atoms with van der Waals surface area (Å²) in [7, 11) is 0. The van der Waals surface area contributed by atoms with Crippen molar-refractivity contribution < 1.29 is 14.3 Å². The molecule has 1 atom stereocenters. The Morgan fingerprint density at radius 2 is 2.07 bits per heavy atom. The first-order valence-electron chi connectivity index (χ1n) is 10.2. The van der Waals surface area contributed by atoms with Crippen molar-refractivity contribution in [1.29, 1.82) is 0 Å². The molecule has 154 valence electrons. The summed E-state index contributed by atoms with van der Waals surface area (Å²) in [6.45, 7) is 9.18. The van der Waals surface area contributed by atoms with Crippen molar-refractivity contribution in [3.05, 3.63) is 24.3 Å². The molecule has 1 aromatic rings. The molecular weight excluding hydrogens is 374 g/mol. The van der Waals surface area contributed by atoms with E-state index in [4.69, 9.17) is 4.74 Å². The van der Waals surface area contributed by atoms with Gasteiger partial charge in [0.2, 0.25) is 11.8 Å². The fraction of sp³-hybridized carbons (Fsp3) is 0.619. The van der Waals surface area contributed by atoms with Crippen LogP contribution in [0.2, 0.25) is 0 Å². The average molecular weight is 406 g/mol. The zero-order valence-electron chi connectivity index (χ0n) is 16.9. The van der Waals surface area contributed by atoms with E-state index in [1.165, 1.54) is 0 Å². The predicted octanol–water partition coefficient (Wildman–Crippen LogP) is 2.38. The number of thioether (sulfide) groups is 1. The van der Waals surface area contributed by atoms with E-state index in [1.54, 1.807) is 11.8 Å². The maximum atomic E-state index is 12.6. The average Bonchev–Trinajstić information content (AvgIpc) is 2.70. The highest BCUT2D eigenvalue weighted by molar-refractivity contribution is 7.99. The summed E-state index contributed by atoms with van der Waals surface area (Å²) in [6.07, 6.45) is 0.473. The van der Waals surface area contributed by atoms with Crippen molar-refractivity contribution in [2.45, 2.75) is 37.7 Å². The lowest BCUT2D eigenvalue weighted by Crippen LogP contribution is -2.48. The van der Waals surface area contributed by atoms with Gasteiger partial charge in [0.15, 0.2) is 0 Å². The van der Waals surface area contributed by atoms with E-state index in [-0.39, 0.29) is 30.8 Å². The van der Waals surface area contributed by atoms with Crippen LogP contribution in [0, 0.1) is 5.92 Å². The number of para-hydroxylation sites is 1. The van der Waals surface area contributed by atoms with Crippen LogP contribution in [0.5, 0.6) is 0 Å². The highest BCUT2D eigenvalue weighted by Gasteiger charge is 2.24. The molecule has 3 rings (SSSR count). The first-order chi connectivity index (χ1) is 13.5. The van der Waals surface area contributed by atoms with Crippen LogP contribution in [0.1, 0.15) is 26.7 Å². The van der Waals surface area contributed by atoms with E-state index in [0.29, 0.717) is 25.6 Å². The Labute approximate surface area is 172 Å². The molecular formula is C21H31N3O3S. The summed E-state index contributed by atoms with van der Waals surface area (Å²) in [6, 6.07) is 7.95. The molecule has 2 heterocycles. The van der Waals surface area contributed by atoms with Crippen molar-refractivity contribution in [3.63, 3.8) is 0 Å². The zero-order chi connectivity index (χ0) is 19.9. The summed E-state index contributed by atoms with van der Waals surface area (Å²) in [5, 5.41) is 2.94. The summed E-state index contributed by atoms with van der Waals surface area (Å²) in [5.41, 5.74) is 0.963. The minimum absolute atomic E-state index is 0.0138. The maximum absolute atomic E-state index is 12.6. The zero-order valence-corrected chi connectivity index (χ0v) is 17.7. The molecule has 7 heteroatoms. The van der Waals surface area contributed by atoms with Gasteiger partial charge in [0.1, 0.15) is 0 Å². The number of nitrogens with one attached hydrogen (secondary N) is 1. The van der Waals surface area contributed by atoms with Gasteiger partial charge in [-0.15, -0.1) is 11.8 Å². The monoisotopic (exact) mass is 405 g/mol. The SMILES string of the molecule is CC(C)CN1CCOC(CNC(=O)CCC(=O)N2CCSc3ccccc32)C1. The normalized spacial score (nSPS) is 20.1. The summed E-state index contributed by atoms with van der Waals surface area (Å²) >= 11 is 1.77. The van der Waals surface area contributed by atoms with Gasteiger partial charge in [-0.25, -0.2) is 0 Å². The second-order valence-corrected chi connectivity index (χ2v) is 8.95. The molecule has 1 unspecified atom stereocenters. The molecule has 6 nitrogen and oxygen atoms in total. The number of morpholine rings is 1. The Kier molecular flexibility index (Phi) is 7.76. The fourth-order valence-corrected chi connectivity index (χ4v) is 4.68. The summed E-state index contributed by atoms with van der Waals surface area (Å²) in [5.74, 6) is 1.44. The number of benzene rings is 1. The van der Waals surface area contributed by atoms with Crippen LogP contribution in [0.25, 0.3) is 0 Å². The van der Waals surface area contributed by atoms with Gasteiger partial charge in [-0.05, 0) is 18.1 Å². The van der Waals surface area contributed by atoms with Gasteiger partial charge in [-0.3, -0.25) is 14.5 Å². The quantitative estimate of drug-likeness (QED) is 0.755. The molecule has 1 N–H and O–H groups in total. The Bertz CT molecular complexity index is 683. The third-order valence-electron chi connectivity index (χ3n) is 4.97. The van der Waals surface area contributed by atoms with Crippen molar-refractivity contribution in [1.82, 2.24) is 10.2 Å². The minimum atomic E-state index is -0.0856. The lowest BCUT2D eigenvalue weighted by atomic mass is 10.1. The molecule has 1 saturated heterocycles. The van der Waals surface area contributed by atoms with Gasteiger partial charge in [0.25, 0.3) is 0 Å². The number of amides is 2. The van der Waals surface area contributed by atoms with Gasteiger partial charge >= 0.3 is 0 Å². The molecule has 28 heavy (non-hydrogen) atoms. The Morgan fingerprint density at radius 1 is 1.25 bits per heavy atom. The van der Waals surface area contributed by atoms with Crippen molar-refractivity contribution >= 4 is 29.3 Å². The van der Waals surface area contributed by atoms with Crippen LogP contribution in [0.15, 0.2) is 29.2 Å². The highest BCUT2D eigenvalue weighted by Crippen LogP contribution is 2.34. The molecule has 0 spiro atoms. The van der Waals surface area contributed by atoms with E-state index < -0.39 is 0 Å². The van der Waals surface area contributed by atoms with Crippen LogP contribution in [-0.4, -0.2) is 67.9 Å². The number of carbonyl (C=O) groups is 2. The number of rotatable bonds is 7. The number of hydrogen-bond donors (Lipinski definition) is 1. The van der Waals surface area contributed by atoms with Crippen molar-refractivity contribution in [2.75, 3.05) is 50.0 Å². The predicted molar refractivity (Wildman–Crippen MR) is 113 cm³/mol. The second kappa shape index (κ2) is 10.3. The number of ether oxygens (including phenoxy) is 1. The molecule has 2 amide bonds. The second-order valence-electron chi connectivity index (χ2n) is 7.81. The van der Waals surface area contributed by atoms with Crippen LogP contribution in [0.4, 0.5) is 5.69 Å². The largest absolute Gasteiger partial charge is 0.374 e. The molecule has 2 aliphatic heterocycles. The van der Waals surface area contributed by atoms with Gasteiger partial charge in [-0.2, -0.15) is 0 Å². The molecule has 0 bridgehead atoms. The van der Waals surface area contributed by atoms with Gasteiger partial charge < -0.3 is 15.0 Å². The van der Waals surface area contributed by atoms with E-state index in [2.05, 4.69) is 24.1 Å². The number of carbonyl (C=O) groups excluding carboxylic acids is 2. The number of anilines is 1. The standard InChI is InChI=1S/C21H31N3O3S/c1-16(2)14-23-9-11-27-17(15-23)13-22-20(25)7-8-21(26)24-10-12-28-19-6-4-3-5-18(19)24/h3-6,16-17H,7-15H2,1-2H3,(H,22,25). The number of nitrogens with zero attached hydrogens (tertiary/aromatic N) is 2. The molecule has 2 aliphatic rings. The molecule has 0 aromatic heterocycles. The van der Waals surface area contributed by atoms with Crippen molar-refractivity contribution in [2.24, 2.45) is 5.92 Å². The first-order valence-corrected chi connectivity index (χ1v) is 11.1. The number of hydrogen-bond acceptors (Lipinski definition) is 5. The van der Waals surface area contributed by atoms with Crippen LogP contribution >= 0.6 is 11.8 Å². The van der Waals surface area contributed by atoms with Crippen LogP contribution < -0.4 is 10.2 Å². The van der Waals surface area contributed by atoms with Gasteiger partial charge in [0.05, 0.1) is 18.4 Å². The Hall–Kier alpha value is -1.57. The third kappa shape index (κ3) is 5.96. The third-order valence-corrected chi connectivity index (χ3v) is 6.01. The highest BCUT2D eigenvalue weighted by atomic mass is 32.2. The van der Waals surface area contributed by atoms with Crippen LogP contribution in [0.3, 0.4) is 0 Å². The topological polar surface area (TPSA) is 61.9 Å². The summed E-state index contributed by atoms with van der Waals surface area (Å²) < 4.78 is 5.77. The molecule has 0 radical (unpaired) electrons. The molecule has 0 saturated carbocycles. The van der Waals surface area contributed by atoms with E-state index in [9.17, 15) is 9.59 Å². The van der Waals surface area contributed by atoms with E-state index in [1.807, 2.05) is 29.2 Å². The maximum Gasteiger partial charge on any atom is 0.227 e. The Morgan fingerprint density at radius 3 is 2.89 bits per heavy atom. The smallest absolute Gasteiger partial charge is 0.227 e. The van der Waals surface area contributed by atoms with Gasteiger partial charge in [0, 0.05) is 56.2 Å². The molecule has 1 aromatic carbocycles. The number of fused-ring (bicyclic) bond motifs is 1. The van der Waals surface area contributed by atoms with Crippen molar-refractivity contribution in [3.8, 4) is 0 Å².